The predicted molar refractivity (Wildman–Crippen MR) is 150 cm³/mol. The zero-order valence-corrected chi connectivity index (χ0v) is 21.8. The van der Waals surface area contributed by atoms with E-state index < -0.39 is 10.9 Å². The lowest BCUT2D eigenvalue weighted by Gasteiger charge is -2.12. The SMILES string of the molecule is CCOC(=O)c1cc(-c2ccccc2)sc1NC(=S)Nc1cc(Oc2ccc(Cl)cc2)cc([N+](=O)[O-])c1. The second kappa shape index (κ2) is 11.8. The number of nitro benzene ring substituents is 1. The van der Waals surface area contributed by atoms with Crippen molar-refractivity contribution in [1.29, 1.82) is 0 Å². The molecule has 0 bridgehead atoms. The Hall–Kier alpha value is -3.99. The smallest absolute Gasteiger partial charge is 0.341 e. The van der Waals surface area contributed by atoms with Crippen LogP contribution in [-0.4, -0.2) is 22.6 Å². The number of nitro groups is 1. The molecule has 4 aromatic rings. The van der Waals surface area contributed by atoms with Gasteiger partial charge in [0.25, 0.3) is 5.69 Å². The molecule has 0 saturated carbocycles. The number of anilines is 2. The molecule has 0 aliphatic carbocycles. The van der Waals surface area contributed by atoms with Crippen molar-refractivity contribution in [2.24, 2.45) is 0 Å². The lowest BCUT2D eigenvalue weighted by Crippen LogP contribution is -2.20. The maximum Gasteiger partial charge on any atom is 0.341 e. The minimum absolute atomic E-state index is 0.130. The van der Waals surface area contributed by atoms with Crippen LogP contribution in [-0.2, 0) is 4.74 Å². The molecule has 11 heteroatoms. The number of hydrogen-bond donors (Lipinski definition) is 2. The summed E-state index contributed by atoms with van der Waals surface area (Å²) >= 11 is 12.7. The molecule has 0 spiro atoms. The minimum atomic E-state index is -0.527. The fourth-order valence-corrected chi connectivity index (χ4v) is 4.78. The molecular weight excluding hydrogens is 534 g/mol. The quantitative estimate of drug-likeness (QED) is 0.0987. The van der Waals surface area contributed by atoms with Crippen LogP contribution in [0.3, 0.4) is 0 Å². The average Bonchev–Trinajstić information content (AvgIpc) is 3.29. The molecule has 4 rings (SSSR count). The summed E-state index contributed by atoms with van der Waals surface area (Å²) in [5.41, 5.74) is 1.41. The number of esters is 1. The van der Waals surface area contributed by atoms with Gasteiger partial charge in [0.2, 0.25) is 0 Å². The topological polar surface area (TPSA) is 103 Å². The molecule has 1 aromatic heterocycles. The van der Waals surface area contributed by atoms with Crippen molar-refractivity contribution in [2.75, 3.05) is 17.2 Å². The minimum Gasteiger partial charge on any atom is -0.462 e. The Morgan fingerprint density at radius 1 is 1.03 bits per heavy atom. The molecule has 0 fully saturated rings. The van der Waals surface area contributed by atoms with Crippen molar-refractivity contribution >= 4 is 62.6 Å². The van der Waals surface area contributed by atoms with Crippen molar-refractivity contribution in [1.82, 2.24) is 0 Å². The van der Waals surface area contributed by atoms with E-state index >= 15 is 0 Å². The van der Waals surface area contributed by atoms with E-state index in [-0.39, 0.29) is 23.2 Å². The monoisotopic (exact) mass is 553 g/mol. The molecule has 188 valence electrons. The number of halogens is 1. The Bertz CT molecular complexity index is 1440. The maximum atomic E-state index is 12.6. The lowest BCUT2D eigenvalue weighted by atomic mass is 10.1. The molecule has 0 radical (unpaired) electrons. The van der Waals surface area contributed by atoms with E-state index in [1.165, 1.54) is 23.5 Å². The van der Waals surface area contributed by atoms with Crippen molar-refractivity contribution in [3.8, 4) is 21.9 Å². The van der Waals surface area contributed by atoms with Gasteiger partial charge in [0.05, 0.1) is 28.8 Å². The fraction of sp³-hybridized carbons (Fsp3) is 0.0769. The summed E-state index contributed by atoms with van der Waals surface area (Å²) in [5.74, 6) is 0.208. The van der Waals surface area contributed by atoms with Gasteiger partial charge in [0, 0.05) is 22.0 Å². The highest BCUT2D eigenvalue weighted by Gasteiger charge is 2.20. The van der Waals surface area contributed by atoms with Crippen LogP contribution in [0.1, 0.15) is 17.3 Å². The fourth-order valence-electron chi connectivity index (χ4n) is 3.31. The summed E-state index contributed by atoms with van der Waals surface area (Å²) in [7, 11) is 0. The van der Waals surface area contributed by atoms with Gasteiger partial charge in [0.15, 0.2) is 5.11 Å². The van der Waals surface area contributed by atoms with E-state index in [2.05, 4.69) is 10.6 Å². The first kappa shape index (κ1) is 26.1. The van der Waals surface area contributed by atoms with E-state index in [1.807, 2.05) is 30.3 Å². The standard InChI is InChI=1S/C26H20ClN3O5S2/c1-2-34-25(31)22-15-23(16-6-4-3-5-7-16)37-24(22)29-26(36)28-18-12-19(30(32)33)14-21(13-18)35-20-10-8-17(27)9-11-20/h3-15H,2H2,1H3,(H2,28,29,36). The van der Waals surface area contributed by atoms with E-state index in [9.17, 15) is 14.9 Å². The van der Waals surface area contributed by atoms with Crippen LogP contribution in [0.4, 0.5) is 16.4 Å². The van der Waals surface area contributed by atoms with E-state index in [4.69, 9.17) is 33.3 Å². The molecule has 1 heterocycles. The van der Waals surface area contributed by atoms with Crippen LogP contribution < -0.4 is 15.4 Å². The number of carbonyl (C=O) groups excluding carboxylic acids is 1. The molecule has 0 aliphatic rings. The van der Waals surface area contributed by atoms with Crippen molar-refractivity contribution in [2.45, 2.75) is 6.92 Å². The molecule has 0 aliphatic heterocycles. The number of rotatable bonds is 8. The Morgan fingerprint density at radius 2 is 1.76 bits per heavy atom. The van der Waals surface area contributed by atoms with E-state index in [0.717, 1.165) is 10.4 Å². The number of non-ortho nitro benzene ring substituents is 1. The molecule has 8 nitrogen and oxygen atoms in total. The highest BCUT2D eigenvalue weighted by molar-refractivity contribution is 7.80. The van der Waals surface area contributed by atoms with Crippen molar-refractivity contribution in [3.05, 3.63) is 99.6 Å². The van der Waals surface area contributed by atoms with Crippen LogP contribution in [0.15, 0.2) is 78.9 Å². The van der Waals surface area contributed by atoms with Gasteiger partial charge in [-0.1, -0.05) is 41.9 Å². The zero-order chi connectivity index (χ0) is 26.4. The first-order valence-corrected chi connectivity index (χ1v) is 12.6. The van der Waals surface area contributed by atoms with Gasteiger partial charge in [-0.3, -0.25) is 10.1 Å². The highest BCUT2D eigenvalue weighted by atomic mass is 35.5. The van der Waals surface area contributed by atoms with Crippen molar-refractivity contribution < 1.29 is 19.2 Å². The summed E-state index contributed by atoms with van der Waals surface area (Å²) in [6, 6.07) is 22.2. The summed E-state index contributed by atoms with van der Waals surface area (Å²) < 4.78 is 11.0. The van der Waals surface area contributed by atoms with Gasteiger partial charge < -0.3 is 20.1 Å². The second-order valence-corrected chi connectivity index (χ2v) is 9.44. The highest BCUT2D eigenvalue weighted by Crippen LogP contribution is 2.36. The molecule has 37 heavy (non-hydrogen) atoms. The molecule has 0 saturated heterocycles. The van der Waals surface area contributed by atoms with Crippen LogP contribution >= 0.6 is 35.2 Å². The number of thiophene rings is 1. The number of benzene rings is 3. The predicted octanol–water partition coefficient (Wildman–Crippen LogP) is 7.75. The molecule has 2 N–H and O–H groups in total. The van der Waals surface area contributed by atoms with Gasteiger partial charge in [-0.25, -0.2) is 4.79 Å². The summed E-state index contributed by atoms with van der Waals surface area (Å²) in [6.45, 7) is 1.95. The molecular formula is C26H20ClN3O5S2. The van der Waals surface area contributed by atoms with Crippen LogP contribution in [0.5, 0.6) is 11.5 Å². The van der Waals surface area contributed by atoms with Gasteiger partial charge in [-0.15, -0.1) is 11.3 Å². The summed E-state index contributed by atoms with van der Waals surface area (Å²) in [6.07, 6.45) is 0. The molecule has 0 amide bonds. The van der Waals surface area contributed by atoms with Crippen LogP contribution in [0.25, 0.3) is 10.4 Å². The first-order chi connectivity index (χ1) is 17.8. The first-order valence-electron chi connectivity index (χ1n) is 11.0. The number of thiocarbonyl (C=S) groups is 1. The Balaban J connectivity index is 1.57. The third kappa shape index (κ3) is 6.82. The Kier molecular flexibility index (Phi) is 8.34. The molecule has 0 atom stereocenters. The largest absolute Gasteiger partial charge is 0.462 e. The number of nitrogens with zero attached hydrogens (tertiary/aromatic N) is 1. The number of hydrogen-bond acceptors (Lipinski definition) is 7. The van der Waals surface area contributed by atoms with Crippen LogP contribution in [0.2, 0.25) is 5.02 Å². The number of nitrogens with one attached hydrogen (secondary N) is 2. The second-order valence-electron chi connectivity index (χ2n) is 7.55. The van der Waals surface area contributed by atoms with Crippen LogP contribution in [0, 0.1) is 10.1 Å². The van der Waals surface area contributed by atoms with Crippen molar-refractivity contribution in [3.63, 3.8) is 0 Å². The maximum absolute atomic E-state index is 12.6. The number of ether oxygens (including phenoxy) is 2. The van der Waals surface area contributed by atoms with Gasteiger partial charge in [-0.2, -0.15) is 0 Å². The van der Waals surface area contributed by atoms with E-state index in [1.54, 1.807) is 43.3 Å². The third-order valence-corrected chi connectivity index (χ3v) is 6.48. The molecule has 3 aromatic carbocycles. The van der Waals surface area contributed by atoms with Gasteiger partial charge >= 0.3 is 5.97 Å². The normalized spacial score (nSPS) is 10.4. The number of carbonyl (C=O) groups is 1. The lowest BCUT2D eigenvalue weighted by molar-refractivity contribution is -0.384. The summed E-state index contributed by atoms with van der Waals surface area (Å²) in [4.78, 5) is 24.4. The Morgan fingerprint density at radius 3 is 2.43 bits per heavy atom. The zero-order valence-electron chi connectivity index (χ0n) is 19.4. The third-order valence-electron chi connectivity index (χ3n) is 4.92. The van der Waals surface area contributed by atoms with Gasteiger partial charge in [-0.05, 0) is 55.0 Å². The molecule has 0 unspecified atom stereocenters. The Labute approximate surface area is 227 Å². The average molecular weight is 554 g/mol. The summed E-state index contributed by atoms with van der Waals surface area (Å²) in [5, 5.41) is 18.6. The van der Waals surface area contributed by atoms with Gasteiger partial charge in [0.1, 0.15) is 16.5 Å². The van der Waals surface area contributed by atoms with E-state index in [0.29, 0.717) is 27.0 Å².